The number of rotatable bonds is 3. The van der Waals surface area contributed by atoms with Crippen LogP contribution in [0.1, 0.15) is 6.92 Å². The van der Waals surface area contributed by atoms with Gasteiger partial charge in [0.2, 0.25) is 0 Å². The van der Waals surface area contributed by atoms with Crippen LogP contribution in [-0.4, -0.2) is 17.1 Å². The van der Waals surface area contributed by atoms with Crippen LogP contribution in [0.2, 0.25) is 0 Å². The van der Waals surface area contributed by atoms with Gasteiger partial charge < -0.3 is 10.4 Å². The Hall–Kier alpha value is -1.17. The third-order valence-electron chi connectivity index (χ3n) is 1.75. The second-order valence-electron chi connectivity index (χ2n) is 2.95. The molecule has 3 nitrogen and oxygen atoms in total. The number of aliphatic carboxylic acids is 1. The van der Waals surface area contributed by atoms with E-state index in [0.29, 0.717) is 0 Å². The van der Waals surface area contributed by atoms with Crippen molar-refractivity contribution >= 4 is 27.6 Å². The summed E-state index contributed by atoms with van der Waals surface area (Å²) in [6, 6.07) is 0.852. The molecular formula is C9H8BrF2NO2. The number of halogens is 3. The highest BCUT2D eigenvalue weighted by atomic mass is 79.9. The maximum absolute atomic E-state index is 13.2. The molecule has 0 fully saturated rings. The fraction of sp³-hybridized carbons (Fsp3) is 0.222. The molecule has 0 saturated carbocycles. The van der Waals surface area contributed by atoms with Crippen LogP contribution in [0.4, 0.5) is 14.5 Å². The van der Waals surface area contributed by atoms with Crippen molar-refractivity contribution in [1.29, 1.82) is 0 Å². The van der Waals surface area contributed by atoms with Gasteiger partial charge in [0, 0.05) is 6.07 Å². The van der Waals surface area contributed by atoms with Crippen molar-refractivity contribution in [1.82, 2.24) is 0 Å². The van der Waals surface area contributed by atoms with Gasteiger partial charge in [-0.2, -0.15) is 0 Å². The minimum atomic E-state index is -1.14. The quantitative estimate of drug-likeness (QED) is 0.837. The van der Waals surface area contributed by atoms with E-state index in [1.807, 2.05) is 0 Å². The summed E-state index contributed by atoms with van der Waals surface area (Å²) in [5.74, 6) is -2.51. The highest BCUT2D eigenvalue weighted by molar-refractivity contribution is 9.10. The van der Waals surface area contributed by atoms with Crippen LogP contribution in [0.15, 0.2) is 16.6 Å². The highest BCUT2D eigenvalue weighted by Crippen LogP contribution is 2.23. The predicted molar refractivity (Wildman–Crippen MR) is 54.8 cm³/mol. The van der Waals surface area contributed by atoms with E-state index >= 15 is 0 Å². The molecule has 15 heavy (non-hydrogen) atoms. The van der Waals surface area contributed by atoms with Gasteiger partial charge in [-0.05, 0) is 28.9 Å². The number of carboxylic acid groups (broad SMARTS) is 1. The van der Waals surface area contributed by atoms with Gasteiger partial charge in [-0.25, -0.2) is 8.78 Å². The lowest BCUT2D eigenvalue weighted by Crippen LogP contribution is -2.25. The van der Waals surface area contributed by atoms with E-state index in [0.717, 1.165) is 12.1 Å². The molecule has 0 aliphatic heterocycles. The average molecular weight is 280 g/mol. The summed E-state index contributed by atoms with van der Waals surface area (Å²) >= 11 is 2.82. The number of carbonyl (C=O) groups is 1. The van der Waals surface area contributed by atoms with E-state index in [9.17, 15) is 13.6 Å². The second-order valence-corrected chi connectivity index (χ2v) is 3.80. The van der Waals surface area contributed by atoms with E-state index in [-0.39, 0.29) is 10.2 Å². The Morgan fingerprint density at radius 1 is 1.47 bits per heavy atom. The van der Waals surface area contributed by atoms with Gasteiger partial charge in [0.25, 0.3) is 0 Å². The Balaban J connectivity index is 2.95. The Morgan fingerprint density at radius 3 is 2.60 bits per heavy atom. The molecule has 0 bridgehead atoms. The van der Waals surface area contributed by atoms with Crippen molar-refractivity contribution in [2.45, 2.75) is 13.0 Å². The van der Waals surface area contributed by atoms with Crippen LogP contribution in [0.25, 0.3) is 0 Å². The van der Waals surface area contributed by atoms with E-state index in [1.165, 1.54) is 6.92 Å². The molecule has 0 saturated heterocycles. The first-order chi connectivity index (χ1) is 6.91. The molecule has 1 atom stereocenters. The zero-order chi connectivity index (χ0) is 11.6. The van der Waals surface area contributed by atoms with Crippen molar-refractivity contribution < 1.29 is 18.7 Å². The first-order valence-corrected chi connectivity index (χ1v) is 4.85. The number of hydrogen-bond acceptors (Lipinski definition) is 2. The molecule has 0 heterocycles. The van der Waals surface area contributed by atoms with Crippen molar-refractivity contribution in [2.75, 3.05) is 5.32 Å². The van der Waals surface area contributed by atoms with Crippen LogP contribution in [0.3, 0.4) is 0 Å². The van der Waals surface area contributed by atoms with Gasteiger partial charge in [0.15, 0.2) is 0 Å². The minimum absolute atomic E-state index is 0.00599. The van der Waals surface area contributed by atoms with Crippen LogP contribution in [0, 0.1) is 11.6 Å². The summed E-state index contributed by atoms with van der Waals surface area (Å²) in [6.07, 6.45) is 0. The SMILES string of the molecule is CC(Nc1cc(F)c(Br)cc1F)C(=O)O. The number of carboxylic acids is 1. The van der Waals surface area contributed by atoms with Gasteiger partial charge in [-0.3, -0.25) is 4.79 Å². The van der Waals surface area contributed by atoms with Gasteiger partial charge in [-0.1, -0.05) is 0 Å². The predicted octanol–water partition coefficient (Wildman–Crippen LogP) is 2.61. The largest absolute Gasteiger partial charge is 0.480 e. The van der Waals surface area contributed by atoms with E-state index < -0.39 is 23.6 Å². The highest BCUT2D eigenvalue weighted by Gasteiger charge is 2.14. The van der Waals surface area contributed by atoms with E-state index in [1.54, 1.807) is 0 Å². The van der Waals surface area contributed by atoms with Crippen LogP contribution in [-0.2, 0) is 4.79 Å². The molecule has 0 aliphatic carbocycles. The summed E-state index contributed by atoms with van der Waals surface area (Å²) in [5, 5.41) is 10.9. The normalized spacial score (nSPS) is 12.3. The van der Waals surface area contributed by atoms with Gasteiger partial charge >= 0.3 is 5.97 Å². The molecule has 1 unspecified atom stereocenters. The molecule has 0 aromatic heterocycles. The first kappa shape index (κ1) is 11.9. The Kier molecular flexibility index (Phi) is 3.62. The maximum atomic E-state index is 13.2. The molecular weight excluding hydrogens is 272 g/mol. The zero-order valence-electron chi connectivity index (χ0n) is 7.72. The number of hydrogen-bond donors (Lipinski definition) is 2. The molecule has 0 spiro atoms. The lowest BCUT2D eigenvalue weighted by atomic mass is 10.2. The molecule has 0 aliphatic rings. The lowest BCUT2D eigenvalue weighted by molar-refractivity contribution is -0.137. The number of benzene rings is 1. The fourth-order valence-electron chi connectivity index (χ4n) is 0.928. The fourth-order valence-corrected chi connectivity index (χ4v) is 1.24. The minimum Gasteiger partial charge on any atom is -0.480 e. The monoisotopic (exact) mass is 279 g/mol. The maximum Gasteiger partial charge on any atom is 0.325 e. The Bertz CT molecular complexity index is 398. The van der Waals surface area contributed by atoms with Gasteiger partial charge in [0.05, 0.1) is 10.2 Å². The zero-order valence-corrected chi connectivity index (χ0v) is 9.31. The summed E-state index contributed by atoms with van der Waals surface area (Å²) in [4.78, 5) is 10.5. The summed E-state index contributed by atoms with van der Waals surface area (Å²) < 4.78 is 26.2. The molecule has 1 rings (SSSR count). The molecule has 6 heteroatoms. The van der Waals surface area contributed by atoms with Crippen molar-refractivity contribution in [3.8, 4) is 0 Å². The standard InChI is InChI=1S/C9H8BrF2NO2/c1-4(9(14)15)13-8-3-6(11)5(10)2-7(8)12/h2-4,13H,1H3,(H,14,15). The van der Waals surface area contributed by atoms with Crippen LogP contribution in [0.5, 0.6) is 0 Å². The molecule has 1 aromatic carbocycles. The van der Waals surface area contributed by atoms with Crippen LogP contribution >= 0.6 is 15.9 Å². The van der Waals surface area contributed by atoms with Gasteiger partial charge in [0.1, 0.15) is 17.7 Å². The topological polar surface area (TPSA) is 49.3 Å². The molecule has 2 N–H and O–H groups in total. The van der Waals surface area contributed by atoms with Gasteiger partial charge in [-0.15, -0.1) is 0 Å². The second kappa shape index (κ2) is 4.57. The summed E-state index contributed by atoms with van der Waals surface area (Å²) in [5.41, 5.74) is -0.175. The molecule has 0 radical (unpaired) electrons. The number of nitrogens with one attached hydrogen (secondary N) is 1. The lowest BCUT2D eigenvalue weighted by Gasteiger charge is -2.11. The third-order valence-corrected chi connectivity index (χ3v) is 2.36. The van der Waals surface area contributed by atoms with E-state index in [2.05, 4.69) is 21.2 Å². The first-order valence-electron chi connectivity index (χ1n) is 4.05. The Labute approximate surface area is 93.2 Å². The summed E-state index contributed by atoms with van der Waals surface area (Å²) in [6.45, 7) is 1.34. The van der Waals surface area contributed by atoms with Crippen molar-refractivity contribution in [2.24, 2.45) is 0 Å². The molecule has 82 valence electrons. The third kappa shape index (κ3) is 2.89. The average Bonchev–Trinajstić information content (AvgIpc) is 2.13. The number of anilines is 1. The molecule has 0 amide bonds. The van der Waals surface area contributed by atoms with Crippen LogP contribution < -0.4 is 5.32 Å². The van der Waals surface area contributed by atoms with Crippen molar-refractivity contribution in [3.63, 3.8) is 0 Å². The summed E-state index contributed by atoms with van der Waals surface area (Å²) in [7, 11) is 0. The Morgan fingerprint density at radius 2 is 2.07 bits per heavy atom. The van der Waals surface area contributed by atoms with Crippen molar-refractivity contribution in [3.05, 3.63) is 28.2 Å². The van der Waals surface area contributed by atoms with E-state index in [4.69, 9.17) is 5.11 Å². The molecule has 1 aromatic rings. The smallest absolute Gasteiger partial charge is 0.325 e.